The molecule has 0 bridgehead atoms. The number of hydrogen-bond acceptors (Lipinski definition) is 9. The summed E-state index contributed by atoms with van der Waals surface area (Å²) < 4.78 is 66.3. The summed E-state index contributed by atoms with van der Waals surface area (Å²) in [6.07, 6.45) is 0. The normalized spacial score (nSPS) is 12.4. The van der Waals surface area contributed by atoms with E-state index in [0.717, 1.165) is 22.3 Å². The van der Waals surface area contributed by atoms with E-state index in [1.54, 1.807) is 12.1 Å². The minimum Gasteiger partial charge on any atom is -0.505 e. The van der Waals surface area contributed by atoms with E-state index >= 15 is 0 Å². The van der Waals surface area contributed by atoms with Crippen molar-refractivity contribution in [2.24, 2.45) is 10.2 Å². The van der Waals surface area contributed by atoms with E-state index in [2.05, 4.69) is 10.2 Å². The van der Waals surface area contributed by atoms with Crippen molar-refractivity contribution in [3.05, 3.63) is 65.7 Å². The van der Waals surface area contributed by atoms with Gasteiger partial charge in [-0.05, 0) is 72.5 Å². The second-order valence-corrected chi connectivity index (χ2v) is 11.1. The molecular formula is C24H22N4O7S2. The summed E-state index contributed by atoms with van der Waals surface area (Å²) in [7, 11) is -9.96. The number of aryl methyl sites for hydroxylation is 2. The highest BCUT2D eigenvalue weighted by Crippen LogP contribution is 2.43. The number of phenolic OH excluding ortho intramolecular Hbond substituents is 1. The van der Waals surface area contributed by atoms with Gasteiger partial charge in [0.25, 0.3) is 20.2 Å². The molecule has 4 aromatic carbocycles. The Hall–Kier alpha value is -4.04. The lowest BCUT2D eigenvalue weighted by Crippen LogP contribution is -2.08. The molecule has 0 amide bonds. The number of phenols is 1. The lowest BCUT2D eigenvalue weighted by atomic mass is 9.96. The van der Waals surface area contributed by atoms with Gasteiger partial charge in [0.15, 0.2) is 5.75 Å². The molecule has 0 saturated heterocycles. The fraction of sp³-hybridized carbons (Fsp3) is 0.0833. The van der Waals surface area contributed by atoms with Gasteiger partial charge in [-0.2, -0.15) is 21.9 Å². The van der Waals surface area contributed by atoms with Crippen molar-refractivity contribution in [3.63, 3.8) is 0 Å². The van der Waals surface area contributed by atoms with Crippen molar-refractivity contribution in [3.8, 4) is 16.9 Å². The lowest BCUT2D eigenvalue weighted by molar-refractivity contribution is 0.481. The average Bonchev–Trinajstić information content (AvgIpc) is 2.77. The number of nitrogens with two attached hydrogens (primary N) is 2. The third-order valence-electron chi connectivity index (χ3n) is 5.80. The molecule has 0 spiro atoms. The van der Waals surface area contributed by atoms with Gasteiger partial charge >= 0.3 is 0 Å². The zero-order valence-corrected chi connectivity index (χ0v) is 21.2. The molecule has 0 heterocycles. The largest absolute Gasteiger partial charge is 0.505 e. The average molecular weight is 543 g/mol. The lowest BCUT2D eigenvalue weighted by Gasteiger charge is -2.13. The summed E-state index contributed by atoms with van der Waals surface area (Å²) in [5, 5.41) is 18.2. The van der Waals surface area contributed by atoms with Crippen LogP contribution < -0.4 is 11.5 Å². The van der Waals surface area contributed by atoms with Crippen molar-refractivity contribution >= 4 is 53.8 Å². The second-order valence-electron chi connectivity index (χ2n) is 8.37. The van der Waals surface area contributed by atoms with Crippen molar-refractivity contribution in [1.29, 1.82) is 0 Å². The molecule has 0 aliphatic carbocycles. The van der Waals surface area contributed by atoms with Crippen LogP contribution in [-0.2, 0) is 20.2 Å². The van der Waals surface area contributed by atoms with Crippen LogP contribution in [0.25, 0.3) is 21.9 Å². The van der Waals surface area contributed by atoms with E-state index < -0.39 is 46.9 Å². The molecule has 37 heavy (non-hydrogen) atoms. The summed E-state index contributed by atoms with van der Waals surface area (Å²) in [5.74, 6) is -0.694. The van der Waals surface area contributed by atoms with Crippen LogP contribution >= 0.6 is 0 Å². The Labute approximate surface area is 212 Å². The fourth-order valence-corrected chi connectivity index (χ4v) is 5.51. The van der Waals surface area contributed by atoms with Crippen LogP contribution in [0.15, 0.2) is 74.6 Å². The summed E-state index contributed by atoms with van der Waals surface area (Å²) in [6, 6.07) is 13.9. The second kappa shape index (κ2) is 9.12. The fourth-order valence-electron chi connectivity index (χ4n) is 4.08. The molecule has 11 nitrogen and oxygen atoms in total. The first-order valence-corrected chi connectivity index (χ1v) is 13.5. The number of benzene rings is 4. The topological polar surface area (TPSA) is 206 Å². The Morgan fingerprint density at radius 1 is 0.730 bits per heavy atom. The standard InChI is InChI=1S/C24H22N4O7S2/c1-12-9-14(25)3-5-16(12)17-6-4-15(10-13(17)2)27-28-19-8-7-18-20(36(30,31)32)11-21(37(33,34)35)23(26)22(18)24(19)29/h3-11,29H,25-26H2,1-2H3,(H,30,31,32)(H,33,34,35). The minimum atomic E-state index is -5.00. The quantitative estimate of drug-likeness (QED) is 0.132. The number of nitrogen functional groups attached to an aromatic ring is 2. The Morgan fingerprint density at radius 3 is 1.89 bits per heavy atom. The van der Waals surface area contributed by atoms with E-state index in [-0.39, 0.29) is 11.1 Å². The third kappa shape index (κ3) is 4.97. The van der Waals surface area contributed by atoms with Crippen molar-refractivity contribution < 1.29 is 31.0 Å². The first-order valence-electron chi connectivity index (χ1n) is 10.6. The minimum absolute atomic E-state index is 0.163. The van der Waals surface area contributed by atoms with Crippen LogP contribution in [0.4, 0.5) is 22.7 Å². The molecule has 4 aromatic rings. The Bertz CT molecular complexity index is 1830. The van der Waals surface area contributed by atoms with E-state index in [4.69, 9.17) is 11.5 Å². The van der Waals surface area contributed by atoms with Gasteiger partial charge in [-0.15, -0.1) is 5.11 Å². The highest BCUT2D eigenvalue weighted by atomic mass is 32.2. The van der Waals surface area contributed by atoms with Gasteiger partial charge in [0, 0.05) is 11.1 Å². The summed E-state index contributed by atoms with van der Waals surface area (Å²) in [5.41, 5.74) is 15.9. The zero-order chi connectivity index (χ0) is 27.3. The van der Waals surface area contributed by atoms with Gasteiger partial charge in [0.2, 0.25) is 0 Å². The molecule has 0 aliphatic rings. The SMILES string of the molecule is Cc1cc(N)ccc1-c1ccc(N=Nc2ccc3c(S(=O)(=O)O)cc(S(=O)(=O)O)c(N)c3c2O)cc1C. The van der Waals surface area contributed by atoms with E-state index in [1.165, 1.54) is 12.1 Å². The maximum atomic E-state index is 11.9. The van der Waals surface area contributed by atoms with Crippen LogP contribution in [0, 0.1) is 13.8 Å². The maximum Gasteiger partial charge on any atom is 0.296 e. The van der Waals surface area contributed by atoms with Gasteiger partial charge in [0.1, 0.15) is 15.5 Å². The molecule has 0 fully saturated rings. The number of nitrogens with zero attached hydrogens (tertiary/aromatic N) is 2. The zero-order valence-electron chi connectivity index (χ0n) is 19.5. The number of azo groups is 1. The predicted octanol–water partition coefficient (Wildman–Crippen LogP) is 4.90. The van der Waals surface area contributed by atoms with Gasteiger partial charge in [0.05, 0.1) is 16.8 Å². The van der Waals surface area contributed by atoms with Crippen LogP contribution in [-0.4, -0.2) is 31.0 Å². The molecule has 0 saturated carbocycles. The Kier molecular flexibility index (Phi) is 6.42. The van der Waals surface area contributed by atoms with Gasteiger partial charge in [-0.1, -0.05) is 18.2 Å². The summed E-state index contributed by atoms with van der Waals surface area (Å²) >= 11 is 0. The molecule has 4 rings (SSSR count). The molecule has 0 atom stereocenters. The third-order valence-corrected chi connectivity index (χ3v) is 7.59. The predicted molar refractivity (Wildman–Crippen MR) is 140 cm³/mol. The number of anilines is 2. The van der Waals surface area contributed by atoms with E-state index in [1.807, 2.05) is 38.1 Å². The maximum absolute atomic E-state index is 11.9. The van der Waals surface area contributed by atoms with Crippen LogP contribution in [0.1, 0.15) is 11.1 Å². The summed E-state index contributed by atoms with van der Waals surface area (Å²) in [4.78, 5) is -1.87. The monoisotopic (exact) mass is 542 g/mol. The van der Waals surface area contributed by atoms with Crippen LogP contribution in [0.5, 0.6) is 5.75 Å². The molecule has 0 aromatic heterocycles. The Balaban J connectivity index is 1.82. The van der Waals surface area contributed by atoms with Gasteiger partial charge in [-0.25, -0.2) is 0 Å². The summed E-state index contributed by atoms with van der Waals surface area (Å²) in [6.45, 7) is 3.85. The van der Waals surface area contributed by atoms with Crippen LogP contribution in [0.2, 0.25) is 0 Å². The molecule has 13 heteroatoms. The number of fused-ring (bicyclic) bond motifs is 1. The number of aromatic hydroxyl groups is 1. The molecule has 7 N–H and O–H groups in total. The van der Waals surface area contributed by atoms with Crippen molar-refractivity contribution in [1.82, 2.24) is 0 Å². The first-order chi connectivity index (χ1) is 17.2. The molecule has 192 valence electrons. The van der Waals surface area contributed by atoms with E-state index in [9.17, 15) is 31.0 Å². The smallest absolute Gasteiger partial charge is 0.296 e. The van der Waals surface area contributed by atoms with E-state index in [0.29, 0.717) is 17.4 Å². The van der Waals surface area contributed by atoms with Gasteiger partial charge in [-0.3, -0.25) is 9.11 Å². The molecule has 0 unspecified atom stereocenters. The van der Waals surface area contributed by atoms with Gasteiger partial charge < -0.3 is 16.6 Å². The number of hydrogen-bond donors (Lipinski definition) is 5. The molecule has 0 aliphatic heterocycles. The molecular weight excluding hydrogens is 520 g/mol. The first kappa shape index (κ1) is 26.0. The Morgan fingerprint density at radius 2 is 1.32 bits per heavy atom. The van der Waals surface area contributed by atoms with Crippen molar-refractivity contribution in [2.45, 2.75) is 23.6 Å². The molecule has 0 radical (unpaired) electrons. The van der Waals surface area contributed by atoms with Crippen molar-refractivity contribution in [2.75, 3.05) is 11.5 Å². The highest BCUT2D eigenvalue weighted by Gasteiger charge is 2.26. The van der Waals surface area contributed by atoms with Crippen LogP contribution in [0.3, 0.4) is 0 Å². The highest BCUT2D eigenvalue weighted by molar-refractivity contribution is 7.87. The number of rotatable bonds is 5.